The van der Waals surface area contributed by atoms with E-state index in [4.69, 9.17) is 4.98 Å². The molecule has 0 spiro atoms. The number of pyridine rings is 1. The first-order valence-electron chi connectivity index (χ1n) is 9.82. The summed E-state index contributed by atoms with van der Waals surface area (Å²) in [5, 5.41) is 23.6. The lowest BCUT2D eigenvalue weighted by Crippen LogP contribution is -2.53. The molecule has 5 nitrogen and oxygen atoms in total. The molecule has 1 unspecified atom stereocenters. The monoisotopic (exact) mass is 382 g/mol. The minimum atomic E-state index is 0.182. The summed E-state index contributed by atoms with van der Waals surface area (Å²) in [6, 6.07) is 6.88. The van der Waals surface area contributed by atoms with Crippen molar-refractivity contribution < 1.29 is 5.11 Å². The second-order valence-corrected chi connectivity index (χ2v) is 8.28. The Balaban J connectivity index is 1.55. The standard InChI is InChI=1S/C21H26N4OS/c22-12-18-11-17-3-1-2-4-20(17)23-21(18)25-8-7-24(19(14-25)5-9-26)13-16-6-10-27-15-16/h6,10-11,15,19,26H,1-5,7-9,13-14H2. The van der Waals surface area contributed by atoms with E-state index in [1.165, 1.54) is 29.7 Å². The van der Waals surface area contributed by atoms with E-state index < -0.39 is 0 Å². The highest BCUT2D eigenvalue weighted by atomic mass is 32.1. The van der Waals surface area contributed by atoms with Crippen molar-refractivity contribution in [2.45, 2.75) is 44.7 Å². The highest BCUT2D eigenvalue weighted by Crippen LogP contribution is 2.29. The van der Waals surface area contributed by atoms with Gasteiger partial charge in [0.05, 0.1) is 5.56 Å². The Bertz CT molecular complexity index is 814. The van der Waals surface area contributed by atoms with Crippen molar-refractivity contribution in [2.75, 3.05) is 31.1 Å². The number of aliphatic hydroxyl groups is 1. The van der Waals surface area contributed by atoms with Crippen molar-refractivity contribution >= 4 is 17.2 Å². The van der Waals surface area contributed by atoms with Gasteiger partial charge in [-0.1, -0.05) is 0 Å². The van der Waals surface area contributed by atoms with Gasteiger partial charge in [-0.15, -0.1) is 0 Å². The lowest BCUT2D eigenvalue weighted by atomic mass is 9.94. The Hall–Kier alpha value is -1.94. The Labute approximate surface area is 164 Å². The summed E-state index contributed by atoms with van der Waals surface area (Å²) in [7, 11) is 0. The molecule has 2 aliphatic rings. The van der Waals surface area contributed by atoms with Gasteiger partial charge < -0.3 is 10.0 Å². The molecule has 1 saturated heterocycles. The van der Waals surface area contributed by atoms with Crippen LogP contribution in [-0.4, -0.2) is 47.3 Å². The summed E-state index contributed by atoms with van der Waals surface area (Å²) in [5.41, 5.74) is 4.46. The Kier molecular flexibility index (Phi) is 5.72. The van der Waals surface area contributed by atoms with E-state index in [1.54, 1.807) is 11.3 Å². The summed E-state index contributed by atoms with van der Waals surface area (Å²) in [4.78, 5) is 9.65. The molecule has 1 aliphatic carbocycles. The molecule has 1 N–H and O–H groups in total. The van der Waals surface area contributed by atoms with Crippen LogP contribution in [0.4, 0.5) is 5.82 Å². The van der Waals surface area contributed by atoms with Gasteiger partial charge >= 0.3 is 0 Å². The second kappa shape index (κ2) is 8.39. The molecule has 142 valence electrons. The number of thiophene rings is 1. The molecule has 0 radical (unpaired) electrons. The topological polar surface area (TPSA) is 63.4 Å². The normalized spacial score (nSPS) is 20.3. The molecule has 0 saturated carbocycles. The third-order valence-corrected chi connectivity index (χ3v) is 6.47. The van der Waals surface area contributed by atoms with Gasteiger partial charge in [-0.25, -0.2) is 4.98 Å². The van der Waals surface area contributed by atoms with Crippen LogP contribution in [0.5, 0.6) is 0 Å². The molecular weight excluding hydrogens is 356 g/mol. The van der Waals surface area contributed by atoms with E-state index in [0.717, 1.165) is 51.3 Å². The quantitative estimate of drug-likeness (QED) is 0.861. The summed E-state index contributed by atoms with van der Waals surface area (Å²) in [5.74, 6) is 0.844. The second-order valence-electron chi connectivity index (χ2n) is 7.50. The fraction of sp³-hybridized carbons (Fsp3) is 0.524. The molecule has 0 amide bonds. The number of hydrogen-bond acceptors (Lipinski definition) is 6. The maximum absolute atomic E-state index is 9.68. The Morgan fingerprint density at radius 2 is 2.19 bits per heavy atom. The number of nitriles is 1. The molecule has 1 fully saturated rings. The van der Waals surface area contributed by atoms with Gasteiger partial charge in [0.15, 0.2) is 0 Å². The van der Waals surface area contributed by atoms with Crippen molar-refractivity contribution in [1.29, 1.82) is 5.26 Å². The largest absolute Gasteiger partial charge is 0.396 e. The molecule has 4 rings (SSSR count). The zero-order valence-electron chi connectivity index (χ0n) is 15.6. The number of aryl methyl sites for hydroxylation is 2. The lowest BCUT2D eigenvalue weighted by Gasteiger charge is -2.42. The first kappa shape index (κ1) is 18.4. The number of aromatic nitrogens is 1. The van der Waals surface area contributed by atoms with E-state index >= 15 is 0 Å². The summed E-state index contributed by atoms with van der Waals surface area (Å²) in [6.45, 7) is 3.70. The highest BCUT2D eigenvalue weighted by Gasteiger charge is 2.29. The van der Waals surface area contributed by atoms with Crippen LogP contribution in [0, 0.1) is 11.3 Å². The zero-order valence-corrected chi connectivity index (χ0v) is 16.4. The average Bonchev–Trinajstić information content (AvgIpc) is 3.21. The molecule has 3 heterocycles. The van der Waals surface area contributed by atoms with Crippen molar-refractivity contribution in [3.63, 3.8) is 0 Å². The smallest absolute Gasteiger partial charge is 0.146 e. The van der Waals surface area contributed by atoms with E-state index in [2.05, 4.69) is 38.8 Å². The van der Waals surface area contributed by atoms with E-state index in [-0.39, 0.29) is 12.6 Å². The van der Waals surface area contributed by atoms with Crippen LogP contribution in [0.3, 0.4) is 0 Å². The van der Waals surface area contributed by atoms with E-state index in [9.17, 15) is 10.4 Å². The van der Waals surface area contributed by atoms with Gasteiger partial charge in [-0.2, -0.15) is 16.6 Å². The van der Waals surface area contributed by atoms with Gasteiger partial charge in [0.25, 0.3) is 0 Å². The first-order chi connectivity index (χ1) is 13.3. The maximum Gasteiger partial charge on any atom is 0.146 e. The van der Waals surface area contributed by atoms with Gasteiger partial charge in [0.1, 0.15) is 11.9 Å². The van der Waals surface area contributed by atoms with E-state index in [1.807, 2.05) is 0 Å². The van der Waals surface area contributed by atoms with Crippen LogP contribution < -0.4 is 4.90 Å². The fourth-order valence-corrected chi connectivity index (χ4v) is 4.94. The minimum absolute atomic E-state index is 0.182. The number of fused-ring (bicyclic) bond motifs is 1. The van der Waals surface area contributed by atoms with Crippen LogP contribution in [0.1, 0.15) is 41.6 Å². The molecule has 2 aromatic rings. The third kappa shape index (κ3) is 4.01. The van der Waals surface area contributed by atoms with Crippen molar-refractivity contribution in [1.82, 2.24) is 9.88 Å². The molecule has 2 aromatic heterocycles. The third-order valence-electron chi connectivity index (χ3n) is 5.73. The number of piperazine rings is 1. The van der Waals surface area contributed by atoms with Crippen molar-refractivity contribution in [3.05, 3.63) is 45.3 Å². The van der Waals surface area contributed by atoms with Crippen LogP contribution in [0.25, 0.3) is 0 Å². The summed E-state index contributed by atoms with van der Waals surface area (Å²) >= 11 is 1.73. The van der Waals surface area contributed by atoms with Crippen LogP contribution in [0.2, 0.25) is 0 Å². The predicted octanol–water partition coefficient (Wildman–Crippen LogP) is 2.97. The predicted molar refractivity (Wildman–Crippen MR) is 108 cm³/mol. The fourth-order valence-electron chi connectivity index (χ4n) is 4.28. The number of aliphatic hydroxyl groups excluding tert-OH is 1. The molecule has 1 atom stereocenters. The first-order valence-corrected chi connectivity index (χ1v) is 10.8. The van der Waals surface area contributed by atoms with Crippen LogP contribution in [0.15, 0.2) is 22.9 Å². The summed E-state index contributed by atoms with van der Waals surface area (Å²) < 4.78 is 0. The maximum atomic E-state index is 9.68. The lowest BCUT2D eigenvalue weighted by molar-refractivity contribution is 0.135. The molecule has 0 bridgehead atoms. The Morgan fingerprint density at radius 3 is 2.96 bits per heavy atom. The molecule has 6 heteroatoms. The number of rotatable bonds is 5. The van der Waals surface area contributed by atoms with Crippen LogP contribution in [-0.2, 0) is 19.4 Å². The molecular formula is C21H26N4OS. The van der Waals surface area contributed by atoms with Gasteiger partial charge in [0.2, 0.25) is 0 Å². The molecule has 0 aromatic carbocycles. The summed E-state index contributed by atoms with van der Waals surface area (Å²) in [6.07, 6.45) is 5.18. The molecule has 1 aliphatic heterocycles. The van der Waals surface area contributed by atoms with Gasteiger partial charge in [-0.3, -0.25) is 4.90 Å². The number of nitrogens with zero attached hydrogens (tertiary/aromatic N) is 4. The van der Waals surface area contributed by atoms with Crippen molar-refractivity contribution in [2.24, 2.45) is 0 Å². The van der Waals surface area contributed by atoms with Gasteiger partial charge in [0, 0.05) is 44.5 Å². The van der Waals surface area contributed by atoms with Crippen LogP contribution >= 0.6 is 11.3 Å². The number of anilines is 1. The zero-order chi connectivity index (χ0) is 18.6. The SMILES string of the molecule is N#Cc1cc2c(nc1N1CCN(Cc3ccsc3)C(CCO)C1)CCCC2. The van der Waals surface area contributed by atoms with E-state index in [0.29, 0.717) is 5.56 Å². The van der Waals surface area contributed by atoms with Crippen molar-refractivity contribution in [3.8, 4) is 6.07 Å². The highest BCUT2D eigenvalue weighted by molar-refractivity contribution is 7.07. The molecule has 27 heavy (non-hydrogen) atoms. The number of hydrogen-bond donors (Lipinski definition) is 1. The van der Waals surface area contributed by atoms with Gasteiger partial charge in [-0.05, 0) is 66.1 Å². The average molecular weight is 383 g/mol. The minimum Gasteiger partial charge on any atom is -0.396 e. The Morgan fingerprint density at radius 1 is 1.30 bits per heavy atom.